The summed E-state index contributed by atoms with van der Waals surface area (Å²) in [6.07, 6.45) is 2.14. The highest BCUT2D eigenvalue weighted by Gasteiger charge is 2.16. The van der Waals surface area contributed by atoms with Crippen LogP contribution in [-0.4, -0.2) is 35.6 Å². The van der Waals surface area contributed by atoms with E-state index < -0.39 is 11.7 Å². The van der Waals surface area contributed by atoms with Gasteiger partial charge in [0.25, 0.3) is 5.91 Å². The quantitative estimate of drug-likeness (QED) is 0.699. The molecule has 0 aliphatic carbocycles. The minimum Gasteiger partial charge on any atom is -0.444 e. The zero-order chi connectivity index (χ0) is 22.3. The largest absolute Gasteiger partial charge is 0.444 e. The Kier molecular flexibility index (Phi) is 7.69. The molecule has 1 aliphatic heterocycles. The van der Waals surface area contributed by atoms with Gasteiger partial charge in [-0.25, -0.2) is 4.79 Å². The van der Waals surface area contributed by atoms with Gasteiger partial charge in [-0.3, -0.25) is 9.69 Å². The Morgan fingerprint density at radius 1 is 0.839 bits per heavy atom. The molecule has 0 bridgehead atoms. The number of benzene rings is 2. The maximum absolute atomic E-state index is 12.4. The Bertz CT molecular complexity index is 864. The van der Waals surface area contributed by atoms with Crippen LogP contribution in [0.3, 0.4) is 0 Å². The molecule has 0 spiro atoms. The third-order valence-corrected chi connectivity index (χ3v) is 5.13. The smallest absolute Gasteiger partial charge is 0.407 e. The standard InChI is InChI=1S/C25H33N3O3/c1-25(2,3)31-24(30)27-17-20-10-12-22(13-11-20)23(29)26-16-19-6-8-21(9-7-19)18-28-14-4-5-15-28/h6-13H,4-5,14-18H2,1-3H3,(H,26,29)(H,27,30). The maximum atomic E-state index is 12.4. The summed E-state index contributed by atoms with van der Waals surface area (Å²) in [7, 11) is 0. The predicted molar refractivity (Wildman–Crippen MR) is 122 cm³/mol. The molecule has 166 valence electrons. The first-order valence-electron chi connectivity index (χ1n) is 10.9. The molecule has 0 unspecified atom stereocenters. The summed E-state index contributed by atoms with van der Waals surface area (Å²) in [5, 5.41) is 5.68. The van der Waals surface area contributed by atoms with Crippen molar-refractivity contribution in [2.45, 2.75) is 58.8 Å². The third kappa shape index (κ3) is 7.72. The van der Waals surface area contributed by atoms with E-state index in [1.807, 2.05) is 32.9 Å². The molecular weight excluding hydrogens is 390 g/mol. The van der Waals surface area contributed by atoms with Crippen molar-refractivity contribution >= 4 is 12.0 Å². The molecule has 31 heavy (non-hydrogen) atoms. The molecule has 1 saturated heterocycles. The van der Waals surface area contributed by atoms with E-state index in [0.29, 0.717) is 18.7 Å². The van der Waals surface area contributed by atoms with E-state index in [1.165, 1.54) is 31.5 Å². The number of nitrogens with one attached hydrogen (secondary N) is 2. The van der Waals surface area contributed by atoms with Crippen LogP contribution in [0.5, 0.6) is 0 Å². The van der Waals surface area contributed by atoms with E-state index in [4.69, 9.17) is 4.74 Å². The van der Waals surface area contributed by atoms with Crippen LogP contribution in [0.15, 0.2) is 48.5 Å². The first-order chi connectivity index (χ1) is 14.8. The molecule has 1 fully saturated rings. The molecule has 2 aromatic carbocycles. The van der Waals surface area contributed by atoms with Crippen molar-refractivity contribution < 1.29 is 14.3 Å². The average Bonchev–Trinajstić information content (AvgIpc) is 3.24. The van der Waals surface area contributed by atoms with E-state index >= 15 is 0 Å². The van der Waals surface area contributed by atoms with Crippen molar-refractivity contribution in [2.24, 2.45) is 0 Å². The van der Waals surface area contributed by atoms with Gasteiger partial charge in [-0.05, 0) is 75.5 Å². The van der Waals surface area contributed by atoms with Crippen LogP contribution in [0.25, 0.3) is 0 Å². The predicted octanol–water partition coefficient (Wildman–Crippen LogP) is 4.24. The van der Waals surface area contributed by atoms with Crippen molar-refractivity contribution in [3.8, 4) is 0 Å². The summed E-state index contributed by atoms with van der Waals surface area (Å²) in [6.45, 7) is 9.68. The molecule has 3 rings (SSSR count). The van der Waals surface area contributed by atoms with E-state index in [0.717, 1.165) is 17.7 Å². The maximum Gasteiger partial charge on any atom is 0.407 e. The SMILES string of the molecule is CC(C)(C)OC(=O)NCc1ccc(C(=O)NCc2ccc(CN3CCCC3)cc2)cc1. The number of likely N-dealkylation sites (tertiary alicyclic amines) is 1. The molecule has 1 heterocycles. The monoisotopic (exact) mass is 423 g/mol. The van der Waals surface area contributed by atoms with Crippen LogP contribution in [0.4, 0.5) is 4.79 Å². The van der Waals surface area contributed by atoms with Gasteiger partial charge in [0.2, 0.25) is 0 Å². The fraction of sp³-hybridized carbons (Fsp3) is 0.440. The Labute approximate surface area is 185 Å². The minimum atomic E-state index is -0.528. The van der Waals surface area contributed by atoms with Gasteiger partial charge in [-0.2, -0.15) is 0 Å². The van der Waals surface area contributed by atoms with Crippen LogP contribution < -0.4 is 10.6 Å². The Hall–Kier alpha value is -2.86. The second-order valence-corrected chi connectivity index (χ2v) is 9.03. The first kappa shape index (κ1) is 22.8. The lowest BCUT2D eigenvalue weighted by atomic mass is 10.1. The highest BCUT2D eigenvalue weighted by atomic mass is 16.6. The minimum absolute atomic E-state index is 0.118. The number of hydrogen-bond donors (Lipinski definition) is 2. The summed E-state index contributed by atoms with van der Waals surface area (Å²) in [6, 6.07) is 15.6. The highest BCUT2D eigenvalue weighted by Crippen LogP contribution is 2.14. The molecule has 2 aromatic rings. The van der Waals surface area contributed by atoms with Crippen LogP contribution in [0.1, 0.15) is 60.7 Å². The molecule has 0 atom stereocenters. The zero-order valence-electron chi connectivity index (χ0n) is 18.7. The number of rotatable bonds is 7. The van der Waals surface area contributed by atoms with E-state index in [-0.39, 0.29) is 5.91 Å². The second kappa shape index (κ2) is 10.4. The molecule has 2 amide bonds. The summed E-state index contributed by atoms with van der Waals surface area (Å²) in [5.41, 5.74) is 3.35. The Morgan fingerprint density at radius 2 is 1.35 bits per heavy atom. The van der Waals surface area contributed by atoms with E-state index in [2.05, 4.69) is 39.8 Å². The molecule has 2 N–H and O–H groups in total. The normalized spacial score (nSPS) is 14.3. The Balaban J connectivity index is 1.43. The molecule has 0 radical (unpaired) electrons. The molecule has 6 heteroatoms. The summed E-state index contributed by atoms with van der Waals surface area (Å²) < 4.78 is 5.22. The lowest BCUT2D eigenvalue weighted by Gasteiger charge is -2.19. The average molecular weight is 424 g/mol. The lowest BCUT2D eigenvalue weighted by Crippen LogP contribution is -2.32. The summed E-state index contributed by atoms with van der Waals surface area (Å²) in [5.74, 6) is -0.118. The molecule has 0 saturated carbocycles. The van der Waals surface area contributed by atoms with Crippen LogP contribution in [0, 0.1) is 0 Å². The van der Waals surface area contributed by atoms with Gasteiger partial charge < -0.3 is 15.4 Å². The van der Waals surface area contributed by atoms with Gasteiger partial charge in [0.1, 0.15) is 5.60 Å². The number of carbonyl (C=O) groups is 2. The van der Waals surface area contributed by atoms with Crippen LogP contribution in [-0.2, 0) is 24.4 Å². The number of alkyl carbamates (subject to hydrolysis) is 1. The number of ether oxygens (including phenoxy) is 1. The fourth-order valence-electron chi connectivity index (χ4n) is 3.51. The van der Waals surface area contributed by atoms with Crippen molar-refractivity contribution in [2.75, 3.05) is 13.1 Å². The van der Waals surface area contributed by atoms with Gasteiger partial charge in [-0.1, -0.05) is 36.4 Å². The third-order valence-electron chi connectivity index (χ3n) is 5.13. The van der Waals surface area contributed by atoms with Crippen LogP contribution >= 0.6 is 0 Å². The number of carbonyl (C=O) groups excluding carboxylic acids is 2. The van der Waals surface area contributed by atoms with E-state index in [9.17, 15) is 9.59 Å². The number of hydrogen-bond acceptors (Lipinski definition) is 4. The summed E-state index contributed by atoms with van der Waals surface area (Å²) >= 11 is 0. The van der Waals surface area contributed by atoms with Gasteiger partial charge in [-0.15, -0.1) is 0 Å². The first-order valence-corrected chi connectivity index (χ1v) is 10.9. The van der Waals surface area contributed by atoms with Gasteiger partial charge in [0, 0.05) is 25.2 Å². The highest BCUT2D eigenvalue weighted by molar-refractivity contribution is 5.94. The fourth-order valence-corrected chi connectivity index (χ4v) is 3.51. The number of nitrogens with zero attached hydrogens (tertiary/aromatic N) is 1. The molecule has 0 aromatic heterocycles. The Morgan fingerprint density at radius 3 is 1.94 bits per heavy atom. The van der Waals surface area contributed by atoms with Gasteiger partial charge in [0.05, 0.1) is 0 Å². The van der Waals surface area contributed by atoms with Gasteiger partial charge in [0.15, 0.2) is 0 Å². The van der Waals surface area contributed by atoms with Crippen molar-refractivity contribution in [3.63, 3.8) is 0 Å². The lowest BCUT2D eigenvalue weighted by molar-refractivity contribution is 0.0523. The molecule has 1 aliphatic rings. The van der Waals surface area contributed by atoms with Crippen molar-refractivity contribution in [1.82, 2.24) is 15.5 Å². The zero-order valence-corrected chi connectivity index (χ0v) is 18.7. The molecular formula is C25H33N3O3. The van der Waals surface area contributed by atoms with Gasteiger partial charge >= 0.3 is 6.09 Å². The molecule has 6 nitrogen and oxygen atoms in total. The van der Waals surface area contributed by atoms with Crippen LogP contribution in [0.2, 0.25) is 0 Å². The van der Waals surface area contributed by atoms with E-state index in [1.54, 1.807) is 12.1 Å². The second-order valence-electron chi connectivity index (χ2n) is 9.03. The summed E-state index contributed by atoms with van der Waals surface area (Å²) in [4.78, 5) is 26.7. The van der Waals surface area contributed by atoms with Crippen molar-refractivity contribution in [1.29, 1.82) is 0 Å². The topological polar surface area (TPSA) is 70.7 Å². The van der Waals surface area contributed by atoms with Crippen molar-refractivity contribution in [3.05, 3.63) is 70.8 Å². The number of amides is 2.